The van der Waals surface area contributed by atoms with Crippen LogP contribution in [0.15, 0.2) is 42.6 Å². The molecule has 0 unspecified atom stereocenters. The van der Waals surface area contributed by atoms with Crippen LogP contribution in [0.2, 0.25) is 0 Å². The summed E-state index contributed by atoms with van der Waals surface area (Å²) in [6.45, 7) is 0.493. The van der Waals surface area contributed by atoms with Crippen molar-refractivity contribution in [1.29, 1.82) is 0 Å². The summed E-state index contributed by atoms with van der Waals surface area (Å²) in [6, 6.07) is 9.46. The molecule has 0 atom stereocenters. The molecule has 0 aliphatic heterocycles. The van der Waals surface area contributed by atoms with Crippen LogP contribution in [0.3, 0.4) is 0 Å². The smallest absolute Gasteiger partial charge is 0.339 e. The summed E-state index contributed by atoms with van der Waals surface area (Å²) in [6.07, 6.45) is 1.47. The van der Waals surface area contributed by atoms with Crippen LogP contribution in [0.1, 0.15) is 16.1 Å². The molecular formula is C14H13FN2O2. The van der Waals surface area contributed by atoms with Crippen molar-refractivity contribution < 1.29 is 13.9 Å². The normalized spacial score (nSPS) is 10.0. The molecule has 5 heteroatoms. The lowest BCUT2D eigenvalue weighted by Gasteiger charge is -2.06. The summed E-state index contributed by atoms with van der Waals surface area (Å²) in [5, 5.41) is 3.11. The molecule has 1 aromatic carbocycles. The van der Waals surface area contributed by atoms with E-state index in [9.17, 15) is 9.18 Å². The molecule has 0 spiro atoms. The molecular weight excluding hydrogens is 247 g/mol. The van der Waals surface area contributed by atoms with Crippen LogP contribution in [0.5, 0.6) is 0 Å². The topological polar surface area (TPSA) is 51.2 Å². The van der Waals surface area contributed by atoms with Gasteiger partial charge in [-0.05, 0) is 36.4 Å². The van der Waals surface area contributed by atoms with Crippen molar-refractivity contribution in [1.82, 2.24) is 4.98 Å². The first-order valence-corrected chi connectivity index (χ1v) is 5.72. The second-order valence-corrected chi connectivity index (χ2v) is 3.89. The van der Waals surface area contributed by atoms with Crippen molar-refractivity contribution in [2.24, 2.45) is 0 Å². The van der Waals surface area contributed by atoms with Crippen molar-refractivity contribution >= 4 is 11.7 Å². The number of hydrogen-bond donors (Lipinski definition) is 1. The maximum atomic E-state index is 12.7. The molecule has 0 aliphatic carbocycles. The molecule has 2 rings (SSSR count). The van der Waals surface area contributed by atoms with Gasteiger partial charge in [-0.15, -0.1) is 0 Å². The predicted molar refractivity (Wildman–Crippen MR) is 69.3 cm³/mol. The fourth-order valence-corrected chi connectivity index (χ4v) is 1.53. The van der Waals surface area contributed by atoms with Gasteiger partial charge in [0.05, 0.1) is 24.9 Å². The number of rotatable bonds is 4. The van der Waals surface area contributed by atoms with Gasteiger partial charge < -0.3 is 10.1 Å². The highest BCUT2D eigenvalue weighted by atomic mass is 19.1. The zero-order valence-corrected chi connectivity index (χ0v) is 10.4. The van der Waals surface area contributed by atoms with Crippen LogP contribution in [0.25, 0.3) is 0 Å². The Kier molecular flexibility index (Phi) is 4.07. The summed E-state index contributed by atoms with van der Waals surface area (Å²) < 4.78 is 17.3. The minimum Gasteiger partial charge on any atom is -0.465 e. The summed E-state index contributed by atoms with van der Waals surface area (Å²) in [5.41, 5.74) is 1.99. The first-order chi connectivity index (χ1) is 9.19. The second kappa shape index (κ2) is 5.95. The number of esters is 1. The fourth-order valence-electron chi connectivity index (χ4n) is 1.53. The molecule has 2 aromatic rings. The monoisotopic (exact) mass is 260 g/mol. The standard InChI is InChI=1S/C14H13FN2O2/c1-19-14(18)10-2-5-13(16-8-10)9-17-12-6-3-11(15)4-7-12/h2-8,17H,9H2,1H3. The third-order valence-electron chi connectivity index (χ3n) is 2.56. The number of nitrogens with zero attached hydrogens (tertiary/aromatic N) is 1. The van der Waals surface area contributed by atoms with Crippen LogP contribution in [0.4, 0.5) is 10.1 Å². The van der Waals surface area contributed by atoms with Gasteiger partial charge >= 0.3 is 5.97 Å². The molecule has 1 N–H and O–H groups in total. The van der Waals surface area contributed by atoms with Gasteiger partial charge in [-0.25, -0.2) is 9.18 Å². The Labute approximate surface area is 110 Å². The molecule has 0 aliphatic rings. The molecule has 1 heterocycles. The average Bonchev–Trinajstić information content (AvgIpc) is 2.46. The molecule has 0 bridgehead atoms. The van der Waals surface area contributed by atoms with Gasteiger partial charge in [-0.3, -0.25) is 4.98 Å². The summed E-state index contributed by atoms with van der Waals surface area (Å²) in [5.74, 6) is -0.684. The summed E-state index contributed by atoms with van der Waals surface area (Å²) in [7, 11) is 1.33. The van der Waals surface area contributed by atoms with Crippen LogP contribution in [-0.4, -0.2) is 18.1 Å². The lowest BCUT2D eigenvalue weighted by Crippen LogP contribution is -2.05. The van der Waals surface area contributed by atoms with Crippen molar-refractivity contribution in [3.05, 3.63) is 59.7 Å². The Morgan fingerprint density at radius 2 is 2.00 bits per heavy atom. The SMILES string of the molecule is COC(=O)c1ccc(CNc2ccc(F)cc2)nc1. The van der Waals surface area contributed by atoms with Crippen LogP contribution in [0, 0.1) is 5.82 Å². The van der Waals surface area contributed by atoms with E-state index in [0.717, 1.165) is 11.4 Å². The van der Waals surface area contributed by atoms with E-state index < -0.39 is 5.97 Å². The Balaban J connectivity index is 1.96. The highest BCUT2D eigenvalue weighted by molar-refractivity contribution is 5.88. The van der Waals surface area contributed by atoms with E-state index in [1.807, 2.05) is 0 Å². The number of nitrogens with one attached hydrogen (secondary N) is 1. The first-order valence-electron chi connectivity index (χ1n) is 5.72. The van der Waals surface area contributed by atoms with Gasteiger partial charge in [0.25, 0.3) is 0 Å². The summed E-state index contributed by atoms with van der Waals surface area (Å²) in [4.78, 5) is 15.4. The van der Waals surface area contributed by atoms with Gasteiger partial charge in [-0.1, -0.05) is 0 Å². The number of anilines is 1. The van der Waals surface area contributed by atoms with Crippen LogP contribution >= 0.6 is 0 Å². The van der Waals surface area contributed by atoms with E-state index in [1.54, 1.807) is 24.3 Å². The van der Waals surface area contributed by atoms with Gasteiger partial charge in [0.2, 0.25) is 0 Å². The maximum Gasteiger partial charge on any atom is 0.339 e. The minimum atomic E-state index is -0.412. The van der Waals surface area contributed by atoms with Crippen molar-refractivity contribution in [2.75, 3.05) is 12.4 Å². The maximum absolute atomic E-state index is 12.7. The van der Waals surface area contributed by atoms with E-state index in [4.69, 9.17) is 0 Å². The molecule has 19 heavy (non-hydrogen) atoms. The second-order valence-electron chi connectivity index (χ2n) is 3.89. The number of carbonyl (C=O) groups excluding carboxylic acids is 1. The molecule has 0 fully saturated rings. The number of halogens is 1. The molecule has 0 saturated carbocycles. The van der Waals surface area contributed by atoms with Crippen molar-refractivity contribution in [2.45, 2.75) is 6.54 Å². The number of methoxy groups -OCH3 is 1. The van der Waals surface area contributed by atoms with E-state index in [2.05, 4.69) is 15.0 Å². The number of benzene rings is 1. The third-order valence-corrected chi connectivity index (χ3v) is 2.56. The number of ether oxygens (including phenoxy) is 1. The Morgan fingerprint density at radius 1 is 1.26 bits per heavy atom. The summed E-state index contributed by atoms with van der Waals surface area (Å²) >= 11 is 0. The minimum absolute atomic E-state index is 0.272. The molecule has 0 saturated heterocycles. The third kappa shape index (κ3) is 3.51. The molecule has 0 amide bonds. The molecule has 0 radical (unpaired) electrons. The van der Waals surface area contributed by atoms with Crippen molar-refractivity contribution in [3.8, 4) is 0 Å². The number of aromatic nitrogens is 1. The number of hydrogen-bond acceptors (Lipinski definition) is 4. The fraction of sp³-hybridized carbons (Fsp3) is 0.143. The zero-order chi connectivity index (χ0) is 13.7. The van der Waals surface area contributed by atoms with Gasteiger partial charge in [0.1, 0.15) is 5.82 Å². The lowest BCUT2D eigenvalue weighted by atomic mass is 10.2. The highest BCUT2D eigenvalue weighted by Gasteiger charge is 2.05. The van der Waals surface area contributed by atoms with Gasteiger partial charge in [-0.2, -0.15) is 0 Å². The molecule has 98 valence electrons. The Bertz CT molecular complexity index is 553. The van der Waals surface area contributed by atoms with E-state index in [-0.39, 0.29) is 5.82 Å². The van der Waals surface area contributed by atoms with Crippen LogP contribution < -0.4 is 5.32 Å². The van der Waals surface area contributed by atoms with Gasteiger partial charge in [0, 0.05) is 11.9 Å². The van der Waals surface area contributed by atoms with E-state index in [1.165, 1.54) is 25.4 Å². The lowest BCUT2D eigenvalue weighted by molar-refractivity contribution is 0.0600. The van der Waals surface area contributed by atoms with Gasteiger partial charge in [0.15, 0.2) is 0 Å². The first kappa shape index (κ1) is 13.0. The van der Waals surface area contributed by atoms with E-state index >= 15 is 0 Å². The number of pyridine rings is 1. The van der Waals surface area contributed by atoms with E-state index in [0.29, 0.717) is 12.1 Å². The largest absolute Gasteiger partial charge is 0.465 e. The highest BCUT2D eigenvalue weighted by Crippen LogP contribution is 2.10. The number of carbonyl (C=O) groups is 1. The Morgan fingerprint density at radius 3 is 2.58 bits per heavy atom. The van der Waals surface area contributed by atoms with Crippen molar-refractivity contribution in [3.63, 3.8) is 0 Å². The molecule has 1 aromatic heterocycles. The quantitative estimate of drug-likeness (QED) is 0.858. The Hall–Kier alpha value is -2.43. The average molecular weight is 260 g/mol. The van der Waals surface area contributed by atoms with Crippen LogP contribution in [-0.2, 0) is 11.3 Å². The predicted octanol–water partition coefficient (Wildman–Crippen LogP) is 2.62. The zero-order valence-electron chi connectivity index (χ0n) is 10.4. The molecule has 4 nitrogen and oxygen atoms in total.